The van der Waals surface area contributed by atoms with Gasteiger partial charge in [-0.2, -0.15) is 0 Å². The van der Waals surface area contributed by atoms with Crippen molar-refractivity contribution in [1.82, 2.24) is 10.2 Å². The Morgan fingerprint density at radius 1 is 1.55 bits per heavy atom. The standard InChI is InChI=1S/C13H24N2O5/c1-13(11(17)18)6-4-5-10(13)14-12(19)15(2)7-9(16)8-20-3/h9-10,16H,4-8H2,1-3H3,(H,14,19)(H,17,18). The van der Waals surface area contributed by atoms with Gasteiger partial charge in [0.15, 0.2) is 0 Å². The lowest BCUT2D eigenvalue weighted by Crippen LogP contribution is -2.51. The van der Waals surface area contributed by atoms with Crippen LogP contribution in [0.15, 0.2) is 0 Å². The van der Waals surface area contributed by atoms with E-state index in [0.717, 1.165) is 6.42 Å². The summed E-state index contributed by atoms with van der Waals surface area (Å²) in [6.07, 6.45) is 1.24. The van der Waals surface area contributed by atoms with E-state index >= 15 is 0 Å². The van der Waals surface area contributed by atoms with E-state index in [-0.39, 0.29) is 25.2 Å². The van der Waals surface area contributed by atoms with Crippen molar-refractivity contribution in [2.75, 3.05) is 27.3 Å². The molecule has 0 bridgehead atoms. The highest BCUT2D eigenvalue weighted by molar-refractivity contribution is 5.79. The van der Waals surface area contributed by atoms with Crippen LogP contribution in [-0.2, 0) is 9.53 Å². The summed E-state index contributed by atoms with van der Waals surface area (Å²) in [5.74, 6) is -0.887. The van der Waals surface area contributed by atoms with Crippen LogP contribution in [-0.4, -0.2) is 66.6 Å². The molecule has 0 aliphatic heterocycles. The van der Waals surface area contributed by atoms with Crippen molar-refractivity contribution in [2.45, 2.75) is 38.3 Å². The molecule has 0 radical (unpaired) electrons. The molecule has 0 aromatic carbocycles. The number of urea groups is 1. The van der Waals surface area contributed by atoms with Crippen LogP contribution in [0.25, 0.3) is 0 Å². The highest BCUT2D eigenvalue weighted by atomic mass is 16.5. The molecular weight excluding hydrogens is 264 g/mol. The van der Waals surface area contributed by atoms with Crippen LogP contribution in [0.1, 0.15) is 26.2 Å². The normalized spacial score (nSPS) is 27.1. The summed E-state index contributed by atoms with van der Waals surface area (Å²) < 4.78 is 4.80. The van der Waals surface area contributed by atoms with Gasteiger partial charge in [0.2, 0.25) is 0 Å². The van der Waals surface area contributed by atoms with Gasteiger partial charge < -0.3 is 25.2 Å². The number of hydrogen-bond acceptors (Lipinski definition) is 4. The van der Waals surface area contributed by atoms with Crippen LogP contribution in [0, 0.1) is 5.41 Å². The molecule has 0 spiro atoms. The average Bonchev–Trinajstić information content (AvgIpc) is 2.72. The van der Waals surface area contributed by atoms with Crippen molar-refractivity contribution < 1.29 is 24.5 Å². The molecule has 0 heterocycles. The number of aliphatic hydroxyl groups is 1. The zero-order valence-corrected chi connectivity index (χ0v) is 12.3. The second-order valence-electron chi connectivity index (χ2n) is 5.61. The third-order valence-electron chi connectivity index (χ3n) is 3.93. The number of amides is 2. The summed E-state index contributed by atoms with van der Waals surface area (Å²) in [6, 6.07) is -0.756. The molecule has 7 heteroatoms. The number of nitrogens with one attached hydrogen (secondary N) is 1. The van der Waals surface area contributed by atoms with Gasteiger partial charge in [-0.05, 0) is 19.8 Å². The van der Waals surface area contributed by atoms with Crippen molar-refractivity contribution in [3.05, 3.63) is 0 Å². The first-order chi connectivity index (χ1) is 9.31. The smallest absolute Gasteiger partial charge is 0.317 e. The third kappa shape index (κ3) is 3.83. The molecule has 1 rings (SSSR count). The molecule has 3 unspecified atom stereocenters. The van der Waals surface area contributed by atoms with Crippen LogP contribution in [0.2, 0.25) is 0 Å². The van der Waals surface area contributed by atoms with E-state index in [1.165, 1.54) is 12.0 Å². The van der Waals surface area contributed by atoms with E-state index in [9.17, 15) is 19.8 Å². The molecule has 7 nitrogen and oxygen atoms in total. The average molecular weight is 288 g/mol. The summed E-state index contributed by atoms with van der Waals surface area (Å²) in [6.45, 7) is 1.94. The van der Waals surface area contributed by atoms with E-state index < -0.39 is 17.5 Å². The molecule has 20 heavy (non-hydrogen) atoms. The van der Waals surface area contributed by atoms with E-state index in [2.05, 4.69) is 5.32 Å². The molecule has 3 N–H and O–H groups in total. The van der Waals surface area contributed by atoms with Gasteiger partial charge in [-0.25, -0.2) is 4.79 Å². The lowest BCUT2D eigenvalue weighted by molar-refractivity contribution is -0.148. The Kier molecular flexibility index (Phi) is 5.76. The number of carboxylic acids is 1. The van der Waals surface area contributed by atoms with E-state index in [1.54, 1.807) is 14.0 Å². The SMILES string of the molecule is COCC(O)CN(C)C(=O)NC1CCCC1(C)C(=O)O. The van der Waals surface area contributed by atoms with Crippen LogP contribution < -0.4 is 5.32 Å². The van der Waals surface area contributed by atoms with Crippen molar-refractivity contribution in [2.24, 2.45) is 5.41 Å². The van der Waals surface area contributed by atoms with Crippen molar-refractivity contribution in [3.63, 3.8) is 0 Å². The number of methoxy groups -OCH3 is 1. The van der Waals surface area contributed by atoms with E-state index in [0.29, 0.717) is 12.8 Å². The molecule has 116 valence electrons. The fourth-order valence-corrected chi connectivity index (χ4v) is 2.56. The second kappa shape index (κ2) is 6.90. The number of carbonyl (C=O) groups excluding carboxylic acids is 1. The fourth-order valence-electron chi connectivity index (χ4n) is 2.56. The fraction of sp³-hybridized carbons (Fsp3) is 0.846. The predicted octanol–water partition coefficient (Wildman–Crippen LogP) is 0.279. The zero-order chi connectivity index (χ0) is 15.3. The Labute approximate surface area is 118 Å². The van der Waals surface area contributed by atoms with Gasteiger partial charge >= 0.3 is 12.0 Å². The maximum Gasteiger partial charge on any atom is 0.317 e. The molecule has 0 aromatic heterocycles. The maximum absolute atomic E-state index is 12.0. The minimum atomic E-state index is -0.915. The molecule has 1 aliphatic rings. The highest BCUT2D eigenvalue weighted by Crippen LogP contribution is 2.38. The summed E-state index contributed by atoms with van der Waals surface area (Å²) in [5, 5.41) is 21.6. The predicted molar refractivity (Wildman–Crippen MR) is 72.4 cm³/mol. The van der Waals surface area contributed by atoms with Gasteiger partial charge in [0.25, 0.3) is 0 Å². The van der Waals surface area contributed by atoms with Crippen LogP contribution >= 0.6 is 0 Å². The van der Waals surface area contributed by atoms with Crippen LogP contribution in [0.5, 0.6) is 0 Å². The summed E-state index contributed by atoms with van der Waals surface area (Å²) in [4.78, 5) is 24.7. The monoisotopic (exact) mass is 288 g/mol. The van der Waals surface area contributed by atoms with Gasteiger partial charge in [0.05, 0.1) is 24.7 Å². The van der Waals surface area contributed by atoms with Crippen LogP contribution in [0.4, 0.5) is 4.79 Å². The summed E-state index contributed by atoms with van der Waals surface area (Å²) >= 11 is 0. The number of hydrogen-bond donors (Lipinski definition) is 3. The largest absolute Gasteiger partial charge is 0.481 e. The van der Waals surface area contributed by atoms with Crippen molar-refractivity contribution in [3.8, 4) is 0 Å². The van der Waals surface area contributed by atoms with Gasteiger partial charge in [0.1, 0.15) is 0 Å². The first-order valence-electron chi connectivity index (χ1n) is 6.73. The number of carboxylic acid groups (broad SMARTS) is 1. The lowest BCUT2D eigenvalue weighted by Gasteiger charge is -2.30. The first-order valence-corrected chi connectivity index (χ1v) is 6.73. The maximum atomic E-state index is 12.0. The Balaban J connectivity index is 2.55. The zero-order valence-electron chi connectivity index (χ0n) is 12.3. The number of aliphatic hydroxyl groups excluding tert-OH is 1. The molecule has 2 amide bonds. The Morgan fingerprint density at radius 3 is 2.75 bits per heavy atom. The number of nitrogens with zero attached hydrogens (tertiary/aromatic N) is 1. The van der Waals surface area contributed by atoms with Gasteiger partial charge in [-0.1, -0.05) is 6.42 Å². The van der Waals surface area contributed by atoms with Crippen molar-refractivity contribution in [1.29, 1.82) is 0 Å². The van der Waals surface area contributed by atoms with Crippen molar-refractivity contribution >= 4 is 12.0 Å². The summed E-state index contributed by atoms with van der Waals surface area (Å²) in [7, 11) is 3.03. The van der Waals surface area contributed by atoms with Gasteiger partial charge in [0, 0.05) is 20.2 Å². The molecule has 1 aliphatic carbocycles. The Bertz CT molecular complexity index is 363. The minimum Gasteiger partial charge on any atom is -0.481 e. The van der Waals surface area contributed by atoms with E-state index in [4.69, 9.17) is 4.74 Å². The molecule has 1 saturated carbocycles. The number of carbonyl (C=O) groups is 2. The number of aliphatic carboxylic acids is 1. The van der Waals surface area contributed by atoms with Gasteiger partial charge in [-0.15, -0.1) is 0 Å². The van der Waals surface area contributed by atoms with E-state index in [1.807, 2.05) is 0 Å². The Hall–Kier alpha value is -1.34. The number of ether oxygens (including phenoxy) is 1. The second-order valence-corrected chi connectivity index (χ2v) is 5.61. The quantitative estimate of drug-likeness (QED) is 0.652. The molecule has 0 aromatic rings. The Morgan fingerprint density at radius 2 is 2.20 bits per heavy atom. The first kappa shape index (κ1) is 16.7. The highest BCUT2D eigenvalue weighted by Gasteiger charge is 2.46. The number of likely N-dealkylation sites (N-methyl/N-ethyl adjacent to an activating group) is 1. The third-order valence-corrected chi connectivity index (χ3v) is 3.93. The van der Waals surface area contributed by atoms with Crippen LogP contribution in [0.3, 0.4) is 0 Å². The minimum absolute atomic E-state index is 0.135. The molecule has 1 fully saturated rings. The lowest BCUT2D eigenvalue weighted by atomic mass is 9.85. The molecular formula is C13H24N2O5. The number of rotatable bonds is 6. The molecule has 3 atom stereocenters. The molecule has 0 saturated heterocycles. The summed E-state index contributed by atoms with van der Waals surface area (Å²) in [5.41, 5.74) is -0.915. The topological polar surface area (TPSA) is 99.1 Å². The van der Waals surface area contributed by atoms with Gasteiger partial charge in [-0.3, -0.25) is 4.79 Å².